The molecule has 0 radical (unpaired) electrons. The molecule has 0 aliphatic carbocycles. The van der Waals surface area contributed by atoms with Crippen molar-refractivity contribution in [1.29, 1.82) is 0 Å². The molecule has 1 N–H and O–H groups in total. The van der Waals surface area contributed by atoms with Gasteiger partial charge in [0, 0.05) is 4.47 Å². The van der Waals surface area contributed by atoms with Crippen molar-refractivity contribution in [3.8, 4) is 5.75 Å². The molecule has 1 heterocycles. The molecule has 1 aromatic heterocycles. The number of aromatic amines is 1. The maximum atomic E-state index is 12.5. The van der Waals surface area contributed by atoms with E-state index in [0.29, 0.717) is 4.47 Å². The fraction of sp³-hybridized carbons (Fsp3) is 0.273. The fourth-order valence-electron chi connectivity index (χ4n) is 1.48. The molecule has 0 bridgehead atoms. The van der Waals surface area contributed by atoms with Crippen molar-refractivity contribution in [1.82, 2.24) is 9.97 Å². The SMILES string of the molecule is CC(Oc1cc(Br)cc2nc[nH]c(=O)c12)C(F)(F)F. The molecular formula is C11H8BrF3N2O2. The van der Waals surface area contributed by atoms with Crippen LogP contribution in [-0.4, -0.2) is 22.2 Å². The van der Waals surface area contributed by atoms with E-state index < -0.39 is 17.8 Å². The monoisotopic (exact) mass is 336 g/mol. The lowest BCUT2D eigenvalue weighted by molar-refractivity contribution is -0.189. The van der Waals surface area contributed by atoms with E-state index >= 15 is 0 Å². The highest BCUT2D eigenvalue weighted by Gasteiger charge is 2.38. The van der Waals surface area contributed by atoms with Crippen molar-refractivity contribution in [2.45, 2.75) is 19.2 Å². The molecule has 0 amide bonds. The van der Waals surface area contributed by atoms with Crippen LogP contribution >= 0.6 is 15.9 Å². The van der Waals surface area contributed by atoms with Gasteiger partial charge in [0.1, 0.15) is 11.1 Å². The molecule has 0 fully saturated rings. The lowest BCUT2D eigenvalue weighted by Gasteiger charge is -2.18. The van der Waals surface area contributed by atoms with Gasteiger partial charge in [-0.05, 0) is 19.1 Å². The molecular weight excluding hydrogens is 329 g/mol. The summed E-state index contributed by atoms with van der Waals surface area (Å²) >= 11 is 3.13. The molecule has 2 rings (SSSR count). The number of hydrogen-bond donors (Lipinski definition) is 1. The van der Waals surface area contributed by atoms with Crippen molar-refractivity contribution in [2.75, 3.05) is 0 Å². The van der Waals surface area contributed by atoms with E-state index in [9.17, 15) is 18.0 Å². The van der Waals surface area contributed by atoms with Crippen LogP contribution in [0.5, 0.6) is 5.75 Å². The zero-order chi connectivity index (χ0) is 14.2. The molecule has 0 aliphatic rings. The van der Waals surface area contributed by atoms with Crippen molar-refractivity contribution >= 4 is 26.8 Å². The molecule has 0 saturated carbocycles. The number of rotatable bonds is 2. The van der Waals surface area contributed by atoms with Gasteiger partial charge in [0.15, 0.2) is 6.10 Å². The van der Waals surface area contributed by atoms with E-state index in [-0.39, 0.29) is 16.7 Å². The van der Waals surface area contributed by atoms with Gasteiger partial charge in [0.2, 0.25) is 0 Å². The first-order chi connectivity index (χ1) is 8.79. The summed E-state index contributed by atoms with van der Waals surface area (Å²) in [6.07, 6.45) is -5.36. The maximum absolute atomic E-state index is 12.5. The van der Waals surface area contributed by atoms with Crippen molar-refractivity contribution in [2.24, 2.45) is 0 Å². The maximum Gasteiger partial charge on any atom is 0.425 e. The molecule has 4 nitrogen and oxygen atoms in total. The van der Waals surface area contributed by atoms with Crippen LogP contribution in [0.2, 0.25) is 0 Å². The summed E-state index contributed by atoms with van der Waals surface area (Å²) in [7, 11) is 0. The van der Waals surface area contributed by atoms with Gasteiger partial charge in [0.05, 0.1) is 11.8 Å². The van der Waals surface area contributed by atoms with E-state index in [2.05, 4.69) is 25.9 Å². The highest BCUT2D eigenvalue weighted by Crippen LogP contribution is 2.30. The van der Waals surface area contributed by atoms with Crippen LogP contribution < -0.4 is 10.3 Å². The standard InChI is InChI=1S/C11H8BrF3N2O2/c1-5(11(13,14)15)19-8-3-6(12)2-7-9(8)10(18)17-4-16-7/h2-5H,1H3,(H,16,17,18). The van der Waals surface area contributed by atoms with Crippen LogP contribution in [0.4, 0.5) is 13.2 Å². The number of H-pyrrole nitrogens is 1. The normalized spacial score (nSPS) is 13.5. The number of benzene rings is 1. The molecule has 19 heavy (non-hydrogen) atoms. The second kappa shape index (κ2) is 4.84. The van der Waals surface area contributed by atoms with Gasteiger partial charge in [-0.2, -0.15) is 13.2 Å². The highest BCUT2D eigenvalue weighted by atomic mass is 79.9. The predicted octanol–water partition coefficient (Wildman–Crippen LogP) is 3.02. The molecule has 8 heteroatoms. The summed E-state index contributed by atoms with van der Waals surface area (Å²) in [5, 5.41) is -0.0122. The van der Waals surface area contributed by atoms with Crippen LogP contribution in [0.3, 0.4) is 0 Å². The molecule has 1 aromatic carbocycles. The highest BCUT2D eigenvalue weighted by molar-refractivity contribution is 9.10. The Morgan fingerprint density at radius 1 is 1.42 bits per heavy atom. The molecule has 2 aromatic rings. The Balaban J connectivity index is 2.57. The summed E-state index contributed by atoms with van der Waals surface area (Å²) in [6.45, 7) is 0.872. The third-order valence-corrected chi connectivity index (χ3v) is 2.90. The van der Waals surface area contributed by atoms with E-state index in [1.165, 1.54) is 18.5 Å². The predicted molar refractivity (Wildman–Crippen MR) is 66.2 cm³/mol. The van der Waals surface area contributed by atoms with Gasteiger partial charge in [-0.25, -0.2) is 4.98 Å². The number of ether oxygens (including phenoxy) is 1. The van der Waals surface area contributed by atoms with Crippen LogP contribution in [-0.2, 0) is 0 Å². The van der Waals surface area contributed by atoms with E-state index in [1.54, 1.807) is 0 Å². The Kier molecular flexibility index (Phi) is 3.53. The first-order valence-corrected chi connectivity index (χ1v) is 5.98. The number of aromatic nitrogens is 2. The number of fused-ring (bicyclic) bond motifs is 1. The summed E-state index contributed by atoms with van der Waals surface area (Å²) in [4.78, 5) is 17.9. The van der Waals surface area contributed by atoms with Gasteiger partial charge in [-0.3, -0.25) is 4.79 Å². The van der Waals surface area contributed by atoms with E-state index in [4.69, 9.17) is 4.74 Å². The Morgan fingerprint density at radius 2 is 2.11 bits per heavy atom. The minimum atomic E-state index is -4.51. The summed E-state index contributed by atoms with van der Waals surface area (Å²) < 4.78 is 42.8. The minimum absolute atomic E-state index is 0.0122. The van der Waals surface area contributed by atoms with Gasteiger partial charge in [-0.1, -0.05) is 15.9 Å². The zero-order valence-corrected chi connectivity index (χ0v) is 11.2. The van der Waals surface area contributed by atoms with E-state index in [0.717, 1.165) is 6.92 Å². The average Bonchev–Trinajstić information content (AvgIpc) is 2.26. The van der Waals surface area contributed by atoms with Crippen LogP contribution in [0.25, 0.3) is 10.9 Å². The van der Waals surface area contributed by atoms with Gasteiger partial charge in [0.25, 0.3) is 5.56 Å². The number of hydrogen-bond acceptors (Lipinski definition) is 3. The average molecular weight is 337 g/mol. The largest absolute Gasteiger partial charge is 0.480 e. The van der Waals surface area contributed by atoms with Crippen LogP contribution in [0, 0.1) is 0 Å². The zero-order valence-electron chi connectivity index (χ0n) is 9.58. The molecule has 0 saturated heterocycles. The first-order valence-electron chi connectivity index (χ1n) is 5.19. The van der Waals surface area contributed by atoms with Gasteiger partial charge < -0.3 is 9.72 Å². The number of nitrogens with one attached hydrogen (secondary N) is 1. The first kappa shape index (κ1) is 13.9. The van der Waals surface area contributed by atoms with Crippen molar-refractivity contribution < 1.29 is 17.9 Å². The Morgan fingerprint density at radius 3 is 2.74 bits per heavy atom. The van der Waals surface area contributed by atoms with Crippen LogP contribution in [0.1, 0.15) is 6.92 Å². The lowest BCUT2D eigenvalue weighted by atomic mass is 10.2. The molecule has 0 spiro atoms. The quantitative estimate of drug-likeness (QED) is 0.917. The third-order valence-electron chi connectivity index (χ3n) is 2.44. The number of nitrogens with zero attached hydrogens (tertiary/aromatic N) is 1. The minimum Gasteiger partial charge on any atom is -0.480 e. The molecule has 0 aliphatic heterocycles. The van der Waals surface area contributed by atoms with Crippen molar-refractivity contribution in [3.63, 3.8) is 0 Å². The smallest absolute Gasteiger partial charge is 0.425 e. The Hall–Kier alpha value is -1.57. The fourth-order valence-corrected chi connectivity index (χ4v) is 1.91. The lowest BCUT2D eigenvalue weighted by Crippen LogP contribution is -2.31. The topological polar surface area (TPSA) is 55.0 Å². The Labute approximate surface area is 113 Å². The summed E-state index contributed by atoms with van der Waals surface area (Å²) in [5.74, 6) is -0.163. The second-order valence-electron chi connectivity index (χ2n) is 3.83. The number of halogens is 4. The van der Waals surface area contributed by atoms with Crippen molar-refractivity contribution in [3.05, 3.63) is 33.3 Å². The molecule has 1 unspecified atom stereocenters. The van der Waals surface area contributed by atoms with Gasteiger partial charge in [-0.15, -0.1) is 0 Å². The van der Waals surface area contributed by atoms with Crippen LogP contribution in [0.15, 0.2) is 27.7 Å². The summed E-state index contributed by atoms with van der Waals surface area (Å²) in [5.41, 5.74) is -0.302. The summed E-state index contributed by atoms with van der Waals surface area (Å²) in [6, 6.07) is 2.83. The van der Waals surface area contributed by atoms with Gasteiger partial charge >= 0.3 is 6.18 Å². The molecule has 102 valence electrons. The van der Waals surface area contributed by atoms with E-state index in [1.807, 2.05) is 0 Å². The number of alkyl halides is 3. The third kappa shape index (κ3) is 2.89. The Bertz CT molecular complexity index is 669. The second-order valence-corrected chi connectivity index (χ2v) is 4.75. The molecule has 1 atom stereocenters.